The van der Waals surface area contributed by atoms with Crippen LogP contribution in [-0.4, -0.2) is 25.6 Å². The van der Waals surface area contributed by atoms with Crippen LogP contribution in [0.3, 0.4) is 0 Å². The third-order valence-corrected chi connectivity index (χ3v) is 3.96. The second-order valence-corrected chi connectivity index (χ2v) is 5.86. The van der Waals surface area contributed by atoms with Gasteiger partial charge in [0.2, 0.25) is 0 Å². The molecule has 2 aromatic heterocycles. The fourth-order valence-corrected chi connectivity index (χ4v) is 2.58. The predicted molar refractivity (Wildman–Crippen MR) is 96.9 cm³/mol. The summed E-state index contributed by atoms with van der Waals surface area (Å²) < 4.78 is 1.18. The summed E-state index contributed by atoms with van der Waals surface area (Å²) in [4.78, 5) is 27.1. The number of hydrogen-bond acceptors (Lipinski definition) is 6. The van der Waals surface area contributed by atoms with Crippen molar-refractivity contribution in [2.75, 3.05) is 5.32 Å². The molecule has 0 aliphatic heterocycles. The second-order valence-electron chi connectivity index (χ2n) is 5.46. The highest BCUT2D eigenvalue weighted by Crippen LogP contribution is 2.23. The van der Waals surface area contributed by atoms with Crippen LogP contribution in [-0.2, 0) is 0 Å². The van der Waals surface area contributed by atoms with E-state index in [0.717, 1.165) is 0 Å². The largest absolute Gasteiger partial charge is 0.320 e. The van der Waals surface area contributed by atoms with Crippen LogP contribution < -0.4 is 5.32 Å². The summed E-state index contributed by atoms with van der Waals surface area (Å²) in [5, 5.41) is 26.9. The summed E-state index contributed by atoms with van der Waals surface area (Å²) in [5.41, 5.74) is 0.888. The minimum atomic E-state index is -0.567. The van der Waals surface area contributed by atoms with Crippen LogP contribution in [0.4, 0.5) is 11.4 Å². The Morgan fingerprint density at radius 1 is 1.37 bits per heavy atom. The molecule has 0 bridgehead atoms. The normalized spacial score (nSPS) is 10.3. The molecular weight excluding hydrogens is 372 g/mol. The molecule has 27 heavy (non-hydrogen) atoms. The first-order valence-electron chi connectivity index (χ1n) is 7.58. The molecule has 1 N–H and O–H groups in total. The Morgan fingerprint density at radius 2 is 2.15 bits per heavy atom. The molecule has 3 aromatic rings. The standard InChI is InChI=1S/C17H11ClN6O3/c1-10-7-12(24(26)27)4-5-14(10)21-17(25)15-8-11(9-19)22-23(15)16-13(18)3-2-6-20-16/h2-8H,1H3,(H,21,25). The minimum Gasteiger partial charge on any atom is -0.320 e. The fraction of sp³-hybridized carbons (Fsp3) is 0.0588. The molecular formula is C17H11ClN6O3. The highest BCUT2D eigenvalue weighted by atomic mass is 35.5. The zero-order chi connectivity index (χ0) is 19.6. The van der Waals surface area contributed by atoms with Gasteiger partial charge in [-0.05, 0) is 30.7 Å². The lowest BCUT2D eigenvalue weighted by molar-refractivity contribution is -0.384. The number of nitrogens with one attached hydrogen (secondary N) is 1. The number of halogens is 1. The van der Waals surface area contributed by atoms with E-state index in [-0.39, 0.29) is 27.9 Å². The number of aryl methyl sites for hydroxylation is 1. The number of hydrogen-bond donors (Lipinski definition) is 1. The van der Waals surface area contributed by atoms with Gasteiger partial charge < -0.3 is 5.32 Å². The Balaban J connectivity index is 1.99. The first kappa shape index (κ1) is 18.0. The van der Waals surface area contributed by atoms with E-state index < -0.39 is 10.8 Å². The van der Waals surface area contributed by atoms with Crippen molar-refractivity contribution in [2.24, 2.45) is 0 Å². The van der Waals surface area contributed by atoms with E-state index in [1.165, 1.54) is 35.1 Å². The summed E-state index contributed by atoms with van der Waals surface area (Å²) in [6, 6.07) is 10.5. The number of anilines is 1. The number of carbonyl (C=O) groups is 1. The van der Waals surface area contributed by atoms with E-state index in [1.54, 1.807) is 19.1 Å². The summed E-state index contributed by atoms with van der Waals surface area (Å²) in [7, 11) is 0. The third-order valence-electron chi connectivity index (χ3n) is 3.67. The van der Waals surface area contributed by atoms with E-state index in [1.807, 2.05) is 6.07 Å². The first-order valence-corrected chi connectivity index (χ1v) is 7.96. The van der Waals surface area contributed by atoms with E-state index in [0.29, 0.717) is 11.3 Å². The molecule has 0 saturated heterocycles. The van der Waals surface area contributed by atoms with Crippen molar-refractivity contribution in [2.45, 2.75) is 6.92 Å². The van der Waals surface area contributed by atoms with Crippen LogP contribution in [0.5, 0.6) is 0 Å². The predicted octanol–water partition coefficient (Wildman–Crippen LogP) is 3.26. The maximum absolute atomic E-state index is 12.7. The number of non-ortho nitro benzene ring substituents is 1. The van der Waals surface area contributed by atoms with Crippen LogP contribution in [0.1, 0.15) is 21.7 Å². The van der Waals surface area contributed by atoms with Gasteiger partial charge in [-0.2, -0.15) is 10.4 Å². The highest BCUT2D eigenvalue weighted by Gasteiger charge is 2.20. The van der Waals surface area contributed by atoms with Gasteiger partial charge in [0.15, 0.2) is 11.5 Å². The van der Waals surface area contributed by atoms with Crippen LogP contribution in [0, 0.1) is 28.4 Å². The number of nitrogens with zero attached hydrogens (tertiary/aromatic N) is 5. The smallest absolute Gasteiger partial charge is 0.274 e. The Kier molecular flexibility index (Phi) is 4.83. The van der Waals surface area contributed by atoms with Gasteiger partial charge in [0.1, 0.15) is 11.8 Å². The van der Waals surface area contributed by atoms with Gasteiger partial charge in [-0.15, -0.1) is 0 Å². The Hall–Kier alpha value is -3.77. The number of nitro benzene ring substituents is 1. The van der Waals surface area contributed by atoms with Crippen LogP contribution in [0.15, 0.2) is 42.6 Å². The Morgan fingerprint density at radius 3 is 2.78 bits per heavy atom. The number of nitro groups is 1. The second kappa shape index (κ2) is 7.23. The van der Waals surface area contributed by atoms with Gasteiger partial charge in [-0.3, -0.25) is 14.9 Å². The molecule has 0 aliphatic rings. The molecule has 0 atom stereocenters. The Labute approximate surface area is 158 Å². The number of aromatic nitrogens is 3. The SMILES string of the molecule is Cc1cc([N+](=O)[O-])ccc1NC(=O)c1cc(C#N)nn1-c1ncccc1Cl. The Bertz CT molecular complexity index is 1100. The fourth-order valence-electron chi connectivity index (χ4n) is 2.38. The van der Waals surface area contributed by atoms with Gasteiger partial charge in [0.05, 0.1) is 9.95 Å². The molecule has 0 aliphatic carbocycles. The van der Waals surface area contributed by atoms with Gasteiger partial charge in [0, 0.05) is 30.1 Å². The molecule has 1 amide bonds. The molecule has 9 nitrogen and oxygen atoms in total. The van der Waals surface area contributed by atoms with Crippen LogP contribution >= 0.6 is 11.6 Å². The number of amides is 1. The summed E-state index contributed by atoms with van der Waals surface area (Å²) in [5.74, 6) is -0.367. The first-order chi connectivity index (χ1) is 12.9. The maximum atomic E-state index is 12.7. The van der Waals surface area contributed by atoms with E-state index >= 15 is 0 Å². The minimum absolute atomic E-state index is 0.0160. The van der Waals surface area contributed by atoms with Gasteiger partial charge >= 0.3 is 0 Å². The van der Waals surface area contributed by atoms with Crippen molar-refractivity contribution in [1.82, 2.24) is 14.8 Å². The molecule has 0 fully saturated rings. The highest BCUT2D eigenvalue weighted by molar-refractivity contribution is 6.32. The van der Waals surface area contributed by atoms with E-state index in [4.69, 9.17) is 16.9 Å². The molecule has 0 radical (unpaired) electrons. The van der Waals surface area contributed by atoms with Crippen molar-refractivity contribution in [1.29, 1.82) is 5.26 Å². The van der Waals surface area contributed by atoms with Crippen molar-refractivity contribution in [3.63, 3.8) is 0 Å². The number of benzene rings is 1. The lowest BCUT2D eigenvalue weighted by Gasteiger charge is -2.10. The molecule has 1 aromatic carbocycles. The molecule has 0 unspecified atom stereocenters. The van der Waals surface area contributed by atoms with Gasteiger partial charge in [0.25, 0.3) is 11.6 Å². The van der Waals surface area contributed by atoms with Crippen molar-refractivity contribution in [3.8, 4) is 11.9 Å². The van der Waals surface area contributed by atoms with Gasteiger partial charge in [-0.1, -0.05) is 11.6 Å². The molecule has 3 rings (SSSR count). The molecule has 2 heterocycles. The molecule has 0 saturated carbocycles. The number of rotatable bonds is 4. The number of nitriles is 1. The topological polar surface area (TPSA) is 127 Å². The quantitative estimate of drug-likeness (QED) is 0.545. The zero-order valence-corrected chi connectivity index (χ0v) is 14.6. The molecule has 0 spiro atoms. The molecule has 134 valence electrons. The van der Waals surface area contributed by atoms with Crippen LogP contribution in [0.2, 0.25) is 5.02 Å². The van der Waals surface area contributed by atoms with Crippen molar-refractivity contribution < 1.29 is 9.72 Å². The van der Waals surface area contributed by atoms with Gasteiger partial charge in [-0.25, -0.2) is 9.67 Å². The lowest BCUT2D eigenvalue weighted by atomic mass is 10.1. The summed E-state index contributed by atoms with van der Waals surface area (Å²) >= 11 is 6.12. The monoisotopic (exact) mass is 382 g/mol. The lowest BCUT2D eigenvalue weighted by Crippen LogP contribution is -2.18. The maximum Gasteiger partial charge on any atom is 0.274 e. The average Bonchev–Trinajstić information content (AvgIpc) is 3.08. The summed E-state index contributed by atoms with van der Waals surface area (Å²) in [6.07, 6.45) is 1.48. The number of pyridine rings is 1. The molecule has 10 heteroatoms. The van der Waals surface area contributed by atoms with Crippen LogP contribution in [0.25, 0.3) is 5.82 Å². The summed E-state index contributed by atoms with van der Waals surface area (Å²) in [6.45, 7) is 1.64. The average molecular weight is 383 g/mol. The van der Waals surface area contributed by atoms with Crippen molar-refractivity contribution >= 4 is 28.9 Å². The zero-order valence-electron chi connectivity index (χ0n) is 13.9. The third kappa shape index (κ3) is 3.61. The van der Waals surface area contributed by atoms with E-state index in [2.05, 4.69) is 15.4 Å². The number of carbonyl (C=O) groups excluding carboxylic acids is 1. The van der Waals surface area contributed by atoms with E-state index in [9.17, 15) is 14.9 Å². The van der Waals surface area contributed by atoms with Crippen molar-refractivity contribution in [3.05, 3.63) is 74.7 Å².